The Kier molecular flexibility index (Phi) is 5.38. The van der Waals surface area contributed by atoms with Crippen LogP contribution in [0, 0.1) is 24.2 Å². The van der Waals surface area contributed by atoms with Crippen LogP contribution in [0.4, 0.5) is 0 Å². The molecular weight excluding hydrogens is 316 g/mol. The highest BCUT2D eigenvalue weighted by atomic mass is 16.2. The van der Waals surface area contributed by atoms with E-state index in [1.54, 1.807) is 16.9 Å². The zero-order valence-electron chi connectivity index (χ0n) is 14.9. The average molecular weight is 338 g/mol. The van der Waals surface area contributed by atoms with E-state index in [1.807, 2.05) is 52.0 Å². The lowest BCUT2D eigenvalue weighted by atomic mass is 10.00. The fourth-order valence-corrected chi connectivity index (χ4v) is 2.22. The summed E-state index contributed by atoms with van der Waals surface area (Å²) >= 11 is 0. The summed E-state index contributed by atoms with van der Waals surface area (Å²) in [7, 11) is 0. The van der Waals surface area contributed by atoms with Gasteiger partial charge in [0.15, 0.2) is 11.7 Å². The zero-order chi connectivity index (χ0) is 18.6. The highest BCUT2D eigenvalue weighted by Crippen LogP contribution is 2.16. The van der Waals surface area contributed by atoms with E-state index < -0.39 is 17.6 Å². The maximum atomic E-state index is 12.5. The van der Waals surface area contributed by atoms with Gasteiger partial charge in [0.1, 0.15) is 0 Å². The van der Waals surface area contributed by atoms with Gasteiger partial charge in [-0.2, -0.15) is 10.4 Å². The fourth-order valence-electron chi connectivity index (χ4n) is 2.22. The normalized spacial score (nSPS) is 12.3. The molecular formula is C19H22N4O2. The van der Waals surface area contributed by atoms with Gasteiger partial charge in [-0.1, -0.05) is 29.8 Å². The standard InChI is InChI=1S/C19H22N4O2/c1-13-5-7-14(8-6-13)10-21-18(25)16(9-20)17(24)15-11-22-23(12-15)19(2,3)4/h5-8,11-12,16H,10H2,1-4H3,(H,21,25). The van der Waals surface area contributed by atoms with Gasteiger partial charge in [-0.05, 0) is 33.3 Å². The molecule has 1 N–H and O–H groups in total. The second-order valence-corrected chi connectivity index (χ2v) is 6.97. The average Bonchev–Trinajstić information content (AvgIpc) is 3.05. The van der Waals surface area contributed by atoms with Crippen molar-refractivity contribution in [3.63, 3.8) is 0 Å². The van der Waals surface area contributed by atoms with E-state index in [-0.39, 0.29) is 17.6 Å². The van der Waals surface area contributed by atoms with Gasteiger partial charge in [-0.3, -0.25) is 14.3 Å². The molecule has 1 heterocycles. The van der Waals surface area contributed by atoms with Gasteiger partial charge in [0.05, 0.1) is 23.4 Å². The lowest BCUT2D eigenvalue weighted by Gasteiger charge is -2.18. The van der Waals surface area contributed by atoms with E-state index in [9.17, 15) is 14.9 Å². The van der Waals surface area contributed by atoms with Crippen molar-refractivity contribution in [3.8, 4) is 6.07 Å². The number of aryl methyl sites for hydroxylation is 1. The Morgan fingerprint density at radius 2 is 1.92 bits per heavy atom. The maximum Gasteiger partial charge on any atom is 0.245 e. The van der Waals surface area contributed by atoms with Crippen molar-refractivity contribution in [1.82, 2.24) is 15.1 Å². The van der Waals surface area contributed by atoms with Gasteiger partial charge in [0.25, 0.3) is 0 Å². The Balaban J connectivity index is 2.06. The molecule has 2 rings (SSSR count). The van der Waals surface area contributed by atoms with Crippen molar-refractivity contribution in [3.05, 3.63) is 53.3 Å². The highest BCUT2D eigenvalue weighted by Gasteiger charge is 2.29. The molecule has 130 valence electrons. The molecule has 6 nitrogen and oxygen atoms in total. The van der Waals surface area contributed by atoms with Crippen LogP contribution in [-0.2, 0) is 16.9 Å². The van der Waals surface area contributed by atoms with Crippen LogP contribution >= 0.6 is 0 Å². The molecule has 0 aliphatic carbocycles. The van der Waals surface area contributed by atoms with E-state index in [2.05, 4.69) is 10.4 Å². The third-order valence-corrected chi connectivity index (χ3v) is 3.80. The van der Waals surface area contributed by atoms with E-state index in [4.69, 9.17) is 0 Å². The van der Waals surface area contributed by atoms with Crippen LogP contribution in [0.15, 0.2) is 36.7 Å². The number of nitrogens with zero attached hydrogens (tertiary/aromatic N) is 3. The van der Waals surface area contributed by atoms with Crippen LogP contribution in [0.25, 0.3) is 0 Å². The van der Waals surface area contributed by atoms with Gasteiger partial charge in [0, 0.05) is 12.7 Å². The van der Waals surface area contributed by atoms with Crippen LogP contribution in [0.1, 0.15) is 42.3 Å². The summed E-state index contributed by atoms with van der Waals surface area (Å²) in [6.07, 6.45) is 2.96. The summed E-state index contributed by atoms with van der Waals surface area (Å²) in [5.74, 6) is -2.53. The number of nitrogens with one attached hydrogen (secondary N) is 1. The van der Waals surface area contributed by atoms with Crippen molar-refractivity contribution in [2.45, 2.75) is 39.8 Å². The molecule has 1 unspecified atom stereocenters. The molecule has 0 aliphatic heterocycles. The quantitative estimate of drug-likeness (QED) is 0.670. The Morgan fingerprint density at radius 1 is 1.28 bits per heavy atom. The molecule has 1 aromatic heterocycles. The van der Waals surface area contributed by atoms with Crippen molar-refractivity contribution >= 4 is 11.7 Å². The van der Waals surface area contributed by atoms with Crippen molar-refractivity contribution in [2.24, 2.45) is 5.92 Å². The monoisotopic (exact) mass is 338 g/mol. The first-order valence-electron chi connectivity index (χ1n) is 8.04. The number of carbonyl (C=O) groups excluding carboxylic acids is 2. The molecule has 6 heteroatoms. The third-order valence-electron chi connectivity index (χ3n) is 3.80. The Labute approximate surface area is 147 Å². The largest absolute Gasteiger partial charge is 0.350 e. The molecule has 0 bridgehead atoms. The number of Topliss-reactive ketones (excluding diaryl/α,β-unsaturated/α-hetero) is 1. The summed E-state index contributed by atoms with van der Waals surface area (Å²) in [4.78, 5) is 24.7. The SMILES string of the molecule is Cc1ccc(CNC(=O)C(C#N)C(=O)c2cnn(C(C)(C)C)c2)cc1. The fraction of sp³-hybridized carbons (Fsp3) is 0.368. The number of nitriles is 1. The number of rotatable bonds is 5. The minimum absolute atomic E-state index is 0.256. The van der Waals surface area contributed by atoms with E-state index in [0.717, 1.165) is 11.1 Å². The lowest BCUT2D eigenvalue weighted by molar-refractivity contribution is -0.122. The minimum Gasteiger partial charge on any atom is -0.350 e. The number of hydrogen-bond donors (Lipinski definition) is 1. The van der Waals surface area contributed by atoms with Gasteiger partial charge < -0.3 is 5.32 Å². The number of benzene rings is 1. The van der Waals surface area contributed by atoms with Crippen molar-refractivity contribution in [2.75, 3.05) is 0 Å². The number of ketones is 1. The molecule has 2 aromatic rings. The summed E-state index contributed by atoms with van der Waals surface area (Å²) in [5, 5.41) is 16.1. The van der Waals surface area contributed by atoms with E-state index >= 15 is 0 Å². The molecule has 25 heavy (non-hydrogen) atoms. The van der Waals surface area contributed by atoms with Crippen LogP contribution in [0.5, 0.6) is 0 Å². The molecule has 0 spiro atoms. The van der Waals surface area contributed by atoms with E-state index in [1.165, 1.54) is 6.20 Å². The number of amides is 1. The second-order valence-electron chi connectivity index (χ2n) is 6.97. The lowest BCUT2D eigenvalue weighted by Crippen LogP contribution is -2.34. The van der Waals surface area contributed by atoms with Gasteiger partial charge in [-0.25, -0.2) is 0 Å². The van der Waals surface area contributed by atoms with Gasteiger partial charge in [0.2, 0.25) is 5.91 Å². The smallest absolute Gasteiger partial charge is 0.245 e. The van der Waals surface area contributed by atoms with Crippen LogP contribution < -0.4 is 5.32 Å². The minimum atomic E-state index is -1.39. The summed E-state index contributed by atoms with van der Waals surface area (Å²) in [6.45, 7) is 8.09. The van der Waals surface area contributed by atoms with E-state index in [0.29, 0.717) is 0 Å². The summed E-state index contributed by atoms with van der Waals surface area (Å²) < 4.78 is 1.64. The second kappa shape index (κ2) is 7.31. The topological polar surface area (TPSA) is 87.8 Å². The van der Waals surface area contributed by atoms with Crippen molar-refractivity contribution < 1.29 is 9.59 Å². The summed E-state index contributed by atoms with van der Waals surface area (Å²) in [5.41, 5.74) is 2.00. The molecule has 1 amide bonds. The van der Waals surface area contributed by atoms with Crippen LogP contribution in [0.3, 0.4) is 0 Å². The predicted molar refractivity (Wildman–Crippen MR) is 93.7 cm³/mol. The number of aromatic nitrogens is 2. The van der Waals surface area contributed by atoms with Gasteiger partial charge in [-0.15, -0.1) is 0 Å². The first-order chi connectivity index (χ1) is 11.7. The highest BCUT2D eigenvalue weighted by molar-refractivity contribution is 6.11. The first kappa shape index (κ1) is 18.4. The molecule has 0 fully saturated rings. The predicted octanol–water partition coefficient (Wildman–Crippen LogP) is 2.59. The number of hydrogen-bond acceptors (Lipinski definition) is 4. The summed E-state index contributed by atoms with van der Waals surface area (Å²) in [6, 6.07) is 9.46. The molecule has 1 atom stereocenters. The van der Waals surface area contributed by atoms with Crippen LogP contribution in [0.2, 0.25) is 0 Å². The molecule has 0 saturated carbocycles. The Hall–Kier alpha value is -2.94. The first-order valence-corrected chi connectivity index (χ1v) is 8.04. The molecule has 1 aromatic carbocycles. The maximum absolute atomic E-state index is 12.5. The third kappa shape index (κ3) is 4.54. The molecule has 0 saturated heterocycles. The van der Waals surface area contributed by atoms with Crippen LogP contribution in [-0.4, -0.2) is 21.5 Å². The Morgan fingerprint density at radius 3 is 2.44 bits per heavy atom. The Bertz CT molecular complexity index is 807. The number of carbonyl (C=O) groups is 2. The van der Waals surface area contributed by atoms with Gasteiger partial charge >= 0.3 is 0 Å². The molecule has 0 radical (unpaired) electrons. The zero-order valence-corrected chi connectivity index (χ0v) is 14.9. The molecule has 0 aliphatic rings. The van der Waals surface area contributed by atoms with Crippen molar-refractivity contribution in [1.29, 1.82) is 5.26 Å².